The summed E-state index contributed by atoms with van der Waals surface area (Å²) in [5.74, 6) is -0.290. The molecule has 1 aliphatic rings. The molecule has 1 aliphatic heterocycles. The monoisotopic (exact) mass is 412 g/mol. The Labute approximate surface area is 173 Å². The van der Waals surface area contributed by atoms with E-state index in [9.17, 15) is 9.59 Å². The summed E-state index contributed by atoms with van der Waals surface area (Å²) in [6, 6.07) is 12.6. The smallest absolute Gasteiger partial charge is 0.270 e. The van der Waals surface area contributed by atoms with Gasteiger partial charge in [0, 0.05) is 5.02 Å². The van der Waals surface area contributed by atoms with Gasteiger partial charge < -0.3 is 4.74 Å². The van der Waals surface area contributed by atoms with E-state index in [1.807, 2.05) is 24.3 Å². The van der Waals surface area contributed by atoms with E-state index >= 15 is 0 Å². The lowest BCUT2D eigenvalue weighted by molar-refractivity contribution is -0.122. The summed E-state index contributed by atoms with van der Waals surface area (Å²) in [6.07, 6.45) is 4.90. The summed E-state index contributed by atoms with van der Waals surface area (Å²) in [5.41, 5.74) is 2.12. The normalized spacial score (nSPS) is 16.0. The molecule has 28 heavy (non-hydrogen) atoms. The first-order valence-electron chi connectivity index (χ1n) is 8.39. The number of nitrogens with zero attached hydrogens (tertiary/aromatic N) is 1. The molecular formula is C21H17ClN2O3S. The molecule has 3 rings (SSSR count). The Balaban J connectivity index is 1.89. The van der Waals surface area contributed by atoms with Crippen LogP contribution in [0.25, 0.3) is 6.08 Å². The number of ether oxygens (including phenoxy) is 1. The zero-order valence-electron chi connectivity index (χ0n) is 15.2. The van der Waals surface area contributed by atoms with Crippen LogP contribution < -0.4 is 15.0 Å². The van der Waals surface area contributed by atoms with Crippen molar-refractivity contribution in [2.45, 2.75) is 6.92 Å². The number of thiocarbonyl (C=S) groups is 1. The molecule has 1 saturated heterocycles. The summed E-state index contributed by atoms with van der Waals surface area (Å²) in [6.45, 7) is 1.79. The molecule has 0 atom stereocenters. The minimum atomic E-state index is -0.537. The number of anilines is 1. The lowest BCUT2D eigenvalue weighted by Gasteiger charge is -2.30. The van der Waals surface area contributed by atoms with Gasteiger partial charge in [0.1, 0.15) is 11.3 Å². The number of allylic oxidation sites excluding steroid dienone is 2. The van der Waals surface area contributed by atoms with Gasteiger partial charge in [-0.3, -0.25) is 19.8 Å². The molecule has 1 heterocycles. The van der Waals surface area contributed by atoms with E-state index in [1.54, 1.807) is 44.4 Å². The first-order chi connectivity index (χ1) is 13.4. The van der Waals surface area contributed by atoms with Crippen LogP contribution in [-0.2, 0) is 9.59 Å². The highest BCUT2D eigenvalue weighted by molar-refractivity contribution is 7.80. The van der Waals surface area contributed by atoms with Crippen molar-refractivity contribution >= 4 is 52.5 Å². The fraction of sp³-hybridized carbons (Fsp3) is 0.0952. The fourth-order valence-electron chi connectivity index (χ4n) is 2.70. The van der Waals surface area contributed by atoms with Crippen LogP contribution in [0.2, 0.25) is 5.02 Å². The molecule has 0 spiro atoms. The lowest BCUT2D eigenvalue weighted by atomic mass is 10.1. The zero-order valence-corrected chi connectivity index (χ0v) is 16.8. The number of methoxy groups -OCH3 is 1. The lowest BCUT2D eigenvalue weighted by Crippen LogP contribution is -2.54. The number of benzene rings is 2. The second-order valence-electron chi connectivity index (χ2n) is 6.00. The van der Waals surface area contributed by atoms with Gasteiger partial charge in [-0.1, -0.05) is 42.0 Å². The zero-order chi connectivity index (χ0) is 20.3. The second kappa shape index (κ2) is 8.37. The predicted octanol–water partition coefficient (Wildman–Crippen LogP) is 4.04. The first kappa shape index (κ1) is 19.8. The minimum absolute atomic E-state index is 0.0160. The summed E-state index contributed by atoms with van der Waals surface area (Å²) in [5, 5.41) is 3.09. The van der Waals surface area contributed by atoms with E-state index < -0.39 is 11.8 Å². The number of rotatable bonds is 4. The number of halogens is 1. The van der Waals surface area contributed by atoms with Crippen LogP contribution in [0.5, 0.6) is 5.75 Å². The molecular weight excluding hydrogens is 396 g/mol. The highest BCUT2D eigenvalue weighted by Gasteiger charge is 2.34. The van der Waals surface area contributed by atoms with Crippen molar-refractivity contribution < 1.29 is 14.3 Å². The molecule has 0 bridgehead atoms. The van der Waals surface area contributed by atoms with Gasteiger partial charge in [0.25, 0.3) is 11.8 Å². The van der Waals surface area contributed by atoms with Crippen molar-refractivity contribution in [3.05, 3.63) is 76.3 Å². The van der Waals surface area contributed by atoms with Crippen LogP contribution >= 0.6 is 23.8 Å². The van der Waals surface area contributed by atoms with E-state index in [1.165, 1.54) is 11.0 Å². The van der Waals surface area contributed by atoms with Crippen LogP contribution in [0.1, 0.15) is 11.1 Å². The van der Waals surface area contributed by atoms with Gasteiger partial charge in [0.15, 0.2) is 5.11 Å². The molecule has 0 radical (unpaired) electrons. The number of carbonyl (C=O) groups excluding carboxylic acids is 2. The van der Waals surface area contributed by atoms with Gasteiger partial charge in [-0.15, -0.1) is 0 Å². The van der Waals surface area contributed by atoms with Crippen molar-refractivity contribution in [3.63, 3.8) is 0 Å². The standard InChI is InChI=1S/C21H17ClN2O3S/c1-13-17(22)7-4-8-18(13)24-20(26)16(19(25)23-21(24)28)6-3-5-14-9-11-15(27-2)12-10-14/h3-12H,1-2H3,(H,23,25,28)/b5-3+,16-6+. The summed E-state index contributed by atoms with van der Waals surface area (Å²) >= 11 is 11.4. The van der Waals surface area contributed by atoms with Crippen LogP contribution in [0.4, 0.5) is 5.69 Å². The Morgan fingerprint density at radius 2 is 1.86 bits per heavy atom. The van der Waals surface area contributed by atoms with Gasteiger partial charge >= 0.3 is 0 Å². The third kappa shape index (κ3) is 3.98. The van der Waals surface area contributed by atoms with Gasteiger partial charge in [-0.25, -0.2) is 0 Å². The van der Waals surface area contributed by atoms with E-state index in [0.29, 0.717) is 16.3 Å². The molecule has 1 N–H and O–H groups in total. The molecule has 0 aliphatic carbocycles. The van der Waals surface area contributed by atoms with E-state index in [4.69, 9.17) is 28.6 Å². The molecule has 0 saturated carbocycles. The van der Waals surface area contributed by atoms with Crippen molar-refractivity contribution in [2.75, 3.05) is 12.0 Å². The summed E-state index contributed by atoms with van der Waals surface area (Å²) in [4.78, 5) is 26.5. The molecule has 2 amide bonds. The Kier molecular flexibility index (Phi) is 5.92. The van der Waals surface area contributed by atoms with Crippen molar-refractivity contribution in [1.29, 1.82) is 0 Å². The van der Waals surface area contributed by atoms with E-state index in [0.717, 1.165) is 11.3 Å². The van der Waals surface area contributed by atoms with Crippen molar-refractivity contribution in [1.82, 2.24) is 5.32 Å². The third-order valence-electron chi connectivity index (χ3n) is 4.25. The molecule has 2 aromatic carbocycles. The van der Waals surface area contributed by atoms with E-state index in [-0.39, 0.29) is 10.7 Å². The second-order valence-corrected chi connectivity index (χ2v) is 6.79. The molecule has 5 nitrogen and oxygen atoms in total. The minimum Gasteiger partial charge on any atom is -0.497 e. The van der Waals surface area contributed by atoms with Crippen LogP contribution in [0.15, 0.2) is 60.2 Å². The quantitative estimate of drug-likeness (QED) is 0.467. The molecule has 142 valence electrons. The molecule has 2 aromatic rings. The SMILES string of the molecule is COc1ccc(/C=C/C=C2\C(=O)NC(=S)N(c3cccc(Cl)c3C)C2=O)cc1. The van der Waals surface area contributed by atoms with Gasteiger partial charge in [0.05, 0.1) is 12.8 Å². The van der Waals surface area contributed by atoms with Gasteiger partial charge in [0.2, 0.25) is 0 Å². The van der Waals surface area contributed by atoms with Crippen LogP contribution in [0.3, 0.4) is 0 Å². The highest BCUT2D eigenvalue weighted by Crippen LogP contribution is 2.29. The Bertz CT molecular complexity index is 1010. The maximum absolute atomic E-state index is 13.0. The third-order valence-corrected chi connectivity index (χ3v) is 4.94. The first-order valence-corrected chi connectivity index (χ1v) is 9.18. The predicted molar refractivity (Wildman–Crippen MR) is 115 cm³/mol. The number of hydrogen-bond acceptors (Lipinski definition) is 4. The molecule has 0 aromatic heterocycles. The number of carbonyl (C=O) groups is 2. The molecule has 7 heteroatoms. The highest BCUT2D eigenvalue weighted by atomic mass is 35.5. The topological polar surface area (TPSA) is 58.6 Å². The summed E-state index contributed by atoms with van der Waals surface area (Å²) in [7, 11) is 1.60. The van der Waals surface area contributed by atoms with Crippen LogP contribution in [-0.4, -0.2) is 24.0 Å². The number of hydrogen-bond donors (Lipinski definition) is 1. The fourth-order valence-corrected chi connectivity index (χ4v) is 3.15. The number of nitrogens with one attached hydrogen (secondary N) is 1. The van der Waals surface area contributed by atoms with Crippen molar-refractivity contribution in [3.8, 4) is 5.75 Å². The molecule has 0 unspecified atom stereocenters. The van der Waals surface area contributed by atoms with E-state index in [2.05, 4.69) is 5.32 Å². The van der Waals surface area contributed by atoms with Crippen LogP contribution in [0, 0.1) is 6.92 Å². The largest absolute Gasteiger partial charge is 0.497 e. The van der Waals surface area contributed by atoms with Gasteiger partial charge in [-0.05, 0) is 60.6 Å². The Morgan fingerprint density at radius 3 is 2.54 bits per heavy atom. The van der Waals surface area contributed by atoms with Crippen molar-refractivity contribution in [2.24, 2.45) is 0 Å². The maximum atomic E-state index is 13.0. The average molecular weight is 413 g/mol. The molecule has 1 fully saturated rings. The maximum Gasteiger partial charge on any atom is 0.270 e. The Morgan fingerprint density at radius 1 is 1.14 bits per heavy atom. The number of amides is 2. The Hall–Kier alpha value is -2.96. The summed E-state index contributed by atoms with van der Waals surface area (Å²) < 4.78 is 5.12. The average Bonchev–Trinajstić information content (AvgIpc) is 2.68. The van der Waals surface area contributed by atoms with Gasteiger partial charge in [-0.2, -0.15) is 0 Å².